The molecule has 2 saturated carbocycles. The topological polar surface area (TPSA) is 115 Å². The van der Waals surface area contributed by atoms with Gasteiger partial charge in [-0.15, -0.1) is 0 Å². The highest BCUT2D eigenvalue weighted by Crippen LogP contribution is 2.40. The summed E-state index contributed by atoms with van der Waals surface area (Å²) < 4.78 is 27.6. The first-order valence-electron chi connectivity index (χ1n) is 14.0. The van der Waals surface area contributed by atoms with Gasteiger partial charge in [0.1, 0.15) is 11.9 Å². The van der Waals surface area contributed by atoms with Crippen LogP contribution in [0.5, 0.6) is 0 Å². The molecule has 1 aliphatic heterocycles. The van der Waals surface area contributed by atoms with E-state index >= 15 is 0 Å². The lowest BCUT2D eigenvalue weighted by molar-refractivity contribution is 0.0225. The molecule has 3 atom stereocenters. The van der Waals surface area contributed by atoms with Gasteiger partial charge in [-0.05, 0) is 36.8 Å². The molecule has 3 fully saturated rings. The summed E-state index contributed by atoms with van der Waals surface area (Å²) in [5, 5.41) is 4.35. The van der Waals surface area contributed by atoms with Crippen LogP contribution in [-0.4, -0.2) is 61.1 Å². The van der Waals surface area contributed by atoms with E-state index in [1.165, 1.54) is 12.8 Å². The molecule has 7 rings (SSSR count). The third kappa shape index (κ3) is 4.68. The van der Waals surface area contributed by atoms with Gasteiger partial charge >= 0.3 is 5.76 Å². The van der Waals surface area contributed by atoms with E-state index in [-0.39, 0.29) is 18.0 Å². The van der Waals surface area contributed by atoms with Crippen molar-refractivity contribution in [2.24, 2.45) is 11.8 Å². The third-order valence-corrected chi connectivity index (χ3v) is 8.88. The van der Waals surface area contributed by atoms with Gasteiger partial charge in [0, 0.05) is 43.9 Å². The minimum Gasteiger partial charge on any atom is -0.374 e. The Hall–Kier alpha value is -3.31. The number of hydrogen-bond acceptors (Lipinski definition) is 8. The van der Waals surface area contributed by atoms with Crippen LogP contribution in [0.15, 0.2) is 33.8 Å². The Morgan fingerprint density at radius 1 is 1.15 bits per heavy atom. The van der Waals surface area contributed by atoms with Crippen LogP contribution in [0.1, 0.15) is 45.4 Å². The number of morpholine rings is 1. The van der Waals surface area contributed by atoms with Crippen molar-refractivity contribution >= 4 is 28.6 Å². The number of rotatable bonds is 5. The van der Waals surface area contributed by atoms with E-state index in [1.807, 2.05) is 12.1 Å². The van der Waals surface area contributed by atoms with E-state index in [0.717, 1.165) is 42.3 Å². The maximum absolute atomic E-state index is 14.6. The fourth-order valence-corrected chi connectivity index (χ4v) is 6.83. The number of pyridine rings is 2. The maximum Gasteiger partial charge on any atom is 0.439 e. The molecule has 1 N–H and O–H groups in total. The van der Waals surface area contributed by atoms with Gasteiger partial charge in [-0.1, -0.05) is 36.5 Å². The summed E-state index contributed by atoms with van der Waals surface area (Å²) in [5.41, 5.74) is 3.32. The molecule has 0 amide bonds. The number of H-pyrrole nitrogens is 1. The fraction of sp³-hybridized carbons (Fsp3) is 0.536. The molecular weight excluding hydrogens is 537 g/mol. The van der Waals surface area contributed by atoms with Crippen LogP contribution in [0, 0.1) is 11.8 Å². The van der Waals surface area contributed by atoms with Crippen molar-refractivity contribution in [3.05, 3.63) is 40.1 Å². The number of halogens is 2. The first-order chi connectivity index (χ1) is 19.4. The zero-order chi connectivity index (χ0) is 27.4. The first-order valence-corrected chi connectivity index (χ1v) is 14.4. The second-order valence-electron chi connectivity index (χ2n) is 11.4. The van der Waals surface area contributed by atoms with Crippen molar-refractivity contribution in [3.63, 3.8) is 0 Å². The van der Waals surface area contributed by atoms with Gasteiger partial charge in [-0.25, -0.2) is 19.2 Å². The van der Waals surface area contributed by atoms with Gasteiger partial charge in [0.25, 0.3) is 0 Å². The van der Waals surface area contributed by atoms with Crippen LogP contribution in [0.25, 0.3) is 33.8 Å². The molecule has 12 heteroatoms. The van der Waals surface area contributed by atoms with Gasteiger partial charge in [-0.2, -0.15) is 0 Å². The molecule has 4 aromatic rings. The molecule has 40 heavy (non-hydrogen) atoms. The summed E-state index contributed by atoms with van der Waals surface area (Å²) in [7, 11) is 0. The summed E-state index contributed by atoms with van der Waals surface area (Å²) in [5.74, 6) is 1.56. The lowest BCUT2D eigenvalue weighted by Gasteiger charge is -2.38. The molecule has 2 aliphatic carbocycles. The van der Waals surface area contributed by atoms with E-state index in [0.29, 0.717) is 53.8 Å². The lowest BCUT2D eigenvalue weighted by Crippen LogP contribution is -2.49. The Labute approximate surface area is 234 Å². The highest BCUT2D eigenvalue weighted by molar-refractivity contribution is 6.30. The first kappa shape index (κ1) is 25.6. The molecule has 5 heterocycles. The highest BCUT2D eigenvalue weighted by atomic mass is 35.5. The van der Waals surface area contributed by atoms with Gasteiger partial charge in [0.15, 0.2) is 0 Å². The molecule has 10 nitrogen and oxygen atoms in total. The zero-order valence-corrected chi connectivity index (χ0v) is 23.0. The van der Waals surface area contributed by atoms with Crippen molar-refractivity contribution in [2.75, 3.05) is 18.1 Å². The van der Waals surface area contributed by atoms with Crippen molar-refractivity contribution < 1.29 is 13.7 Å². The summed E-state index contributed by atoms with van der Waals surface area (Å²) in [4.78, 5) is 31.0. The van der Waals surface area contributed by atoms with Crippen LogP contribution in [0.2, 0.25) is 5.02 Å². The number of aromatic nitrogens is 6. The Kier molecular flexibility index (Phi) is 6.58. The fourth-order valence-electron chi connectivity index (χ4n) is 6.65. The molecule has 0 aromatic carbocycles. The number of aromatic amines is 1. The standard InChI is InChI=1S/C28H31ClFN7O3/c1-15-2-4-16(5-3-15)14-37-25-20(33-27(37)36-6-7-39-23-10-19(30)9-22(23)36)11-21(26-34-28(38)40-35-26)32-24(25)17-8-18(29)13-31-12-17/h8,11-13,15-16,19,22-23H,2-7,9-10,14H2,1H3,(H,34,35,38)/t15-,16-,19?,22-,23-/m0/s1. The van der Waals surface area contributed by atoms with Crippen molar-refractivity contribution in [1.82, 2.24) is 29.7 Å². The van der Waals surface area contributed by atoms with Crippen LogP contribution in [0.3, 0.4) is 0 Å². The summed E-state index contributed by atoms with van der Waals surface area (Å²) in [6.45, 7) is 4.24. The van der Waals surface area contributed by atoms with Crippen molar-refractivity contribution in [3.8, 4) is 22.8 Å². The van der Waals surface area contributed by atoms with E-state index < -0.39 is 11.9 Å². The number of hydrogen-bond donors (Lipinski definition) is 1. The molecule has 4 aromatic heterocycles. The second-order valence-corrected chi connectivity index (χ2v) is 11.9. The van der Waals surface area contributed by atoms with Crippen LogP contribution < -0.4 is 10.7 Å². The van der Waals surface area contributed by atoms with Crippen molar-refractivity contribution in [2.45, 2.75) is 70.3 Å². The summed E-state index contributed by atoms with van der Waals surface area (Å²) in [6, 6.07) is 3.56. The van der Waals surface area contributed by atoms with Crippen LogP contribution in [0.4, 0.5) is 10.3 Å². The SMILES string of the molecule is C[C@H]1CC[C@H](Cn2c(N3CCO[C@H]4CC(F)C[C@@H]43)nc3cc(-c4noc(=O)[nH]4)nc(-c4cncc(Cl)c4)c32)CC1. The predicted molar refractivity (Wildman–Crippen MR) is 148 cm³/mol. The number of ether oxygens (including phenoxy) is 1. The summed E-state index contributed by atoms with van der Waals surface area (Å²) in [6.07, 6.45) is 7.76. The van der Waals surface area contributed by atoms with E-state index in [1.54, 1.807) is 12.4 Å². The Bertz CT molecular complexity index is 1590. The predicted octanol–water partition coefficient (Wildman–Crippen LogP) is 5.02. The molecule has 0 bridgehead atoms. The Morgan fingerprint density at radius 2 is 2.00 bits per heavy atom. The molecule has 1 unspecified atom stereocenters. The smallest absolute Gasteiger partial charge is 0.374 e. The van der Waals surface area contributed by atoms with Crippen LogP contribution in [-0.2, 0) is 11.3 Å². The number of alkyl halides is 1. The van der Waals surface area contributed by atoms with Crippen LogP contribution >= 0.6 is 11.6 Å². The van der Waals surface area contributed by atoms with Gasteiger partial charge < -0.3 is 14.2 Å². The monoisotopic (exact) mass is 567 g/mol. The average Bonchev–Trinajstić information content (AvgIpc) is 3.65. The normalized spacial score (nSPS) is 26.9. The molecule has 3 aliphatic rings. The molecule has 210 valence electrons. The van der Waals surface area contributed by atoms with E-state index in [2.05, 4.69) is 31.5 Å². The number of nitrogens with zero attached hydrogens (tertiary/aromatic N) is 6. The van der Waals surface area contributed by atoms with Crippen molar-refractivity contribution in [1.29, 1.82) is 0 Å². The van der Waals surface area contributed by atoms with E-state index in [9.17, 15) is 9.18 Å². The Morgan fingerprint density at radius 3 is 2.77 bits per heavy atom. The third-order valence-electron chi connectivity index (χ3n) is 8.68. The molecule has 1 saturated heterocycles. The number of imidazole rings is 1. The summed E-state index contributed by atoms with van der Waals surface area (Å²) >= 11 is 6.37. The molecule has 0 radical (unpaired) electrons. The highest BCUT2D eigenvalue weighted by Gasteiger charge is 2.43. The van der Waals surface area contributed by atoms with E-state index in [4.69, 9.17) is 30.8 Å². The minimum atomic E-state index is -0.890. The second kappa shape index (κ2) is 10.3. The number of nitrogens with one attached hydrogen (secondary N) is 1. The molecule has 0 spiro atoms. The zero-order valence-electron chi connectivity index (χ0n) is 22.2. The van der Waals surface area contributed by atoms with Gasteiger partial charge in [0.05, 0.1) is 40.5 Å². The maximum atomic E-state index is 14.6. The van der Waals surface area contributed by atoms with Gasteiger partial charge in [-0.3, -0.25) is 14.5 Å². The minimum absolute atomic E-state index is 0.0821. The average molecular weight is 568 g/mol. The number of anilines is 1. The Balaban J connectivity index is 1.44. The quantitative estimate of drug-likeness (QED) is 0.357. The lowest BCUT2D eigenvalue weighted by atomic mass is 9.83. The molecular formula is C28H31ClFN7O3. The number of fused-ring (bicyclic) bond motifs is 2. The van der Waals surface area contributed by atoms with Gasteiger partial charge in [0.2, 0.25) is 11.8 Å². The largest absolute Gasteiger partial charge is 0.439 e.